The Bertz CT molecular complexity index is 4220. The number of nitro groups is 1. The number of nitriles is 2. The minimum absolute atomic E-state index is 0. The van der Waals surface area contributed by atoms with E-state index in [-0.39, 0.29) is 154 Å². The van der Waals surface area contributed by atoms with Crippen LogP contribution in [-0.4, -0.2) is 180 Å². The number of H-pyrrole nitrogens is 2. The minimum atomic E-state index is -0.514. The Morgan fingerprint density at radius 3 is 1.44 bits per heavy atom. The molecule has 34 heteroatoms. The van der Waals surface area contributed by atoms with E-state index in [1.54, 1.807) is 49.4 Å². The molecule has 1 radical (unpaired) electrons. The molecule has 0 aliphatic carbocycles. The van der Waals surface area contributed by atoms with Crippen molar-refractivity contribution in [3.8, 4) is 23.3 Å². The number of imidazole rings is 2. The molecule has 27 nitrogen and oxygen atoms in total. The van der Waals surface area contributed by atoms with E-state index in [9.17, 15) is 19.7 Å². The number of nitrogen functional groups attached to an aromatic ring is 3. The molecule has 0 bridgehead atoms. The Balaban J connectivity index is 0. The van der Waals surface area contributed by atoms with Crippen molar-refractivity contribution in [1.29, 1.82) is 10.5 Å². The SMILES string of the molecule is C.C1CCOC1.C=CC(=O)OCC.CCOC(=O)CCN1CCC[C@H]1C.C[C@@H]1CCCN1.C[C@@H]1CCCN1.C[C@@H]1CCCN1CCc1nc2ccc(-c3ccc(C#N)cc3)cc2[nH]1.C[C@@H]1CCCN1CCc1nc2ccc(Br)cc2[nH]1.Cl.N#Cc1ccc([B]OO)cc1.Nc1ccc(Br)cc1N.Nc1ccc(Br)cc1[N+](=O)[O-].O=CO[O-].[H-].[K+].[K+]. The number of nitrogens with zero attached hydrogens (tertiary/aromatic N) is 8. The summed E-state index contributed by atoms with van der Waals surface area (Å²) in [7, 11) is 1.18. The number of nitrogens with one attached hydrogen (secondary N) is 4. The van der Waals surface area contributed by atoms with Crippen molar-refractivity contribution in [3.63, 3.8) is 0 Å². The molecule has 5 atom stereocenters. The molecule has 6 fully saturated rings. The molecule has 8 heterocycles. The third-order valence-electron chi connectivity index (χ3n) is 19.0. The van der Waals surface area contributed by atoms with Crippen molar-refractivity contribution in [2.45, 2.75) is 182 Å². The number of rotatable bonds is 17. The number of nitro benzene ring substituents is 1. The Kier molecular flexibility index (Phi) is 64.4. The van der Waals surface area contributed by atoms with Crippen molar-refractivity contribution in [3.05, 3.63) is 180 Å². The van der Waals surface area contributed by atoms with Crippen LogP contribution in [0.5, 0.6) is 0 Å². The molecule has 0 saturated carbocycles. The molecule has 0 unspecified atom stereocenters. The van der Waals surface area contributed by atoms with Crippen LogP contribution in [0.3, 0.4) is 0 Å². The van der Waals surface area contributed by atoms with Crippen molar-refractivity contribution in [1.82, 2.24) is 45.3 Å². The van der Waals surface area contributed by atoms with E-state index >= 15 is 0 Å². The smallest absolute Gasteiger partial charge is 1.00 e. The molecule has 8 aromatic rings. The molecule has 119 heavy (non-hydrogen) atoms. The number of anilines is 3. The number of aromatic nitrogens is 4. The zero-order valence-electron chi connectivity index (χ0n) is 70.8. The number of nitrogens with two attached hydrogens (primary N) is 3. The van der Waals surface area contributed by atoms with Gasteiger partial charge in [-0.05, 0) is 260 Å². The van der Waals surface area contributed by atoms with Crippen LogP contribution in [0.2, 0.25) is 0 Å². The Morgan fingerprint density at radius 2 is 1.08 bits per heavy atom. The summed E-state index contributed by atoms with van der Waals surface area (Å²) in [6.07, 6.45) is 19.6. The van der Waals surface area contributed by atoms with Gasteiger partial charge in [0, 0.05) is 101 Å². The molecule has 641 valence electrons. The number of hydrogen-bond acceptors (Lipinski definition) is 24. The number of likely N-dealkylation sites (tertiary alicyclic amines) is 3. The average Bonchev–Trinajstić information content (AvgIpc) is 1.82. The summed E-state index contributed by atoms with van der Waals surface area (Å²) in [6.45, 7) is 30.0. The van der Waals surface area contributed by atoms with Gasteiger partial charge in [-0.3, -0.25) is 25.0 Å². The van der Waals surface area contributed by atoms with Crippen LogP contribution >= 0.6 is 60.2 Å². The number of fused-ring (bicyclic) bond motifs is 2. The summed E-state index contributed by atoms with van der Waals surface area (Å²) >= 11 is 9.85. The van der Waals surface area contributed by atoms with Crippen molar-refractivity contribution < 1.29 is 158 Å². The summed E-state index contributed by atoms with van der Waals surface area (Å²) < 4.78 is 16.9. The van der Waals surface area contributed by atoms with Gasteiger partial charge in [-0.1, -0.05) is 92.1 Å². The molecule has 0 spiro atoms. The van der Waals surface area contributed by atoms with E-state index in [2.05, 4.69) is 180 Å². The number of aromatic amines is 2. The van der Waals surface area contributed by atoms with Crippen LogP contribution in [0.25, 0.3) is 33.2 Å². The number of ether oxygens (including phenoxy) is 3. The predicted molar refractivity (Wildman–Crippen MR) is 480 cm³/mol. The first-order chi connectivity index (χ1) is 55.4. The molecule has 6 aliphatic rings. The minimum Gasteiger partial charge on any atom is -1.00 e. The van der Waals surface area contributed by atoms with Gasteiger partial charge in [-0.2, -0.15) is 10.5 Å². The van der Waals surface area contributed by atoms with Crippen molar-refractivity contribution >= 4 is 136 Å². The molecule has 11 N–H and O–H groups in total. The number of esters is 2. The maximum absolute atomic E-state index is 11.1. The zero-order chi connectivity index (χ0) is 84.3. The van der Waals surface area contributed by atoms with Crippen LogP contribution in [0, 0.1) is 32.8 Å². The summed E-state index contributed by atoms with van der Waals surface area (Å²) in [5, 5.41) is 50.7. The fourth-order valence-corrected chi connectivity index (χ4v) is 13.6. The third-order valence-corrected chi connectivity index (χ3v) is 20.5. The number of benzene rings is 6. The Morgan fingerprint density at radius 1 is 0.639 bits per heavy atom. The van der Waals surface area contributed by atoms with E-state index in [0.717, 1.165) is 130 Å². The van der Waals surface area contributed by atoms with E-state index < -0.39 is 4.92 Å². The number of halogens is 4. The summed E-state index contributed by atoms with van der Waals surface area (Å²) in [6, 6.07) is 44.5. The van der Waals surface area contributed by atoms with Crippen LogP contribution in [0.1, 0.15) is 164 Å². The fraction of sp³-hybridized carbons (Fsp3) is 0.471. The van der Waals surface area contributed by atoms with Gasteiger partial charge >= 0.3 is 122 Å². The normalized spacial score (nSPS) is 17.0. The fourth-order valence-electron chi connectivity index (χ4n) is 12.5. The predicted octanol–water partition coefficient (Wildman–Crippen LogP) is 9.41. The van der Waals surface area contributed by atoms with Gasteiger partial charge < -0.3 is 83.1 Å². The van der Waals surface area contributed by atoms with Crippen LogP contribution < -0.4 is 141 Å². The van der Waals surface area contributed by atoms with Crippen LogP contribution in [-0.2, 0) is 51.1 Å². The van der Waals surface area contributed by atoms with Gasteiger partial charge in [-0.15, -0.1) is 12.4 Å². The first-order valence-electron chi connectivity index (χ1n) is 39.1. The second-order valence-electron chi connectivity index (χ2n) is 27.7. The van der Waals surface area contributed by atoms with Crippen molar-refractivity contribution in [2.24, 2.45) is 0 Å². The zero-order valence-corrected chi connectivity index (χ0v) is 81.6. The third kappa shape index (κ3) is 47.5. The van der Waals surface area contributed by atoms with Crippen molar-refractivity contribution in [2.75, 3.05) is 96.0 Å². The van der Waals surface area contributed by atoms with Gasteiger partial charge in [0.05, 0.1) is 81.3 Å². The summed E-state index contributed by atoms with van der Waals surface area (Å²) in [5.41, 5.74) is 26.1. The number of carbonyl (C=O) groups excluding carboxylic acids is 3. The molecule has 6 aromatic carbocycles. The average molecular weight is 1910 g/mol. The molecular formula is C85H121BBr3ClK2N15O12. The van der Waals surface area contributed by atoms with Crippen LogP contribution in [0.15, 0.2) is 147 Å². The first-order valence-corrected chi connectivity index (χ1v) is 41.5. The molecule has 0 amide bonds. The Hall–Kier alpha value is -5.10. The molecule has 6 saturated heterocycles. The van der Waals surface area contributed by atoms with Gasteiger partial charge in [0.25, 0.3) is 12.2 Å². The summed E-state index contributed by atoms with van der Waals surface area (Å²) in [5.74, 6) is 1.73. The van der Waals surface area contributed by atoms with E-state index in [0.29, 0.717) is 64.2 Å². The van der Waals surface area contributed by atoms with Crippen LogP contribution in [0.4, 0.5) is 22.7 Å². The standard InChI is InChI=1S/C21H22N4.C14H18BrN3.C10H19NO2.C7H5BNO2.C6H5BrN2O2.C6H7BrN2.2C5H11N.C5H8O2.C4H8O.CH2O3.CH4.ClH.2K.H/c1-15-3-2-11-25(15)12-10-21-23-19-9-8-18(13-20(19)24-21)17-6-4-16(14-22)5-7-17;1-10-3-2-7-18(10)8-6-14-16-12-5-4-11(15)9-13(12)17-14;1-3-13-10(12)6-8-11-7-4-5-9(11)2;9-5-6-1-3-7(4-2-6)8-11-10;7-4-1-2-5(8)6(3-4)9(10)11;7-4-1-2-5(8)6(9)3-4;2*1-5-3-2-4-6-5;1-3-5(6)7-4-2;1-2-4-5-3-1;2-1-4-3;;;;;/h4-9,13,15H,2-3,10-12H2,1H3,(H,23,24);4-5,9-10H,2-3,6-8H2,1H3,(H,16,17);9H,3-8H2,1-2H3;1-4,10H;1-3H,8H2;1-3H,8-9H2;2*5-6H,2-4H2,1H3;3H,1,4H2,2H3;1-4H2;1,3H;1H4;1H;;;/q;;;;;;;;;;;;;2*+1;-1/p-1/t15-;10-;9-;;;;2*5-;;;;;;;;/m111...11......../s1. The maximum Gasteiger partial charge on any atom is 1.00 e. The van der Waals surface area contributed by atoms with Gasteiger partial charge in [0.1, 0.15) is 17.3 Å². The topological polar surface area (TPSA) is 401 Å². The second kappa shape index (κ2) is 67.3. The maximum atomic E-state index is 11.1. The van der Waals surface area contributed by atoms with E-state index in [1.165, 1.54) is 123 Å². The molecule has 2 aromatic heterocycles. The van der Waals surface area contributed by atoms with E-state index in [1.807, 2.05) is 49.4 Å². The van der Waals surface area contributed by atoms with Gasteiger partial charge in [0.15, 0.2) is 0 Å². The molecule has 14 rings (SSSR count). The van der Waals surface area contributed by atoms with E-state index in [4.69, 9.17) is 57.5 Å². The number of carbonyl (C=O) groups is 3. The first kappa shape index (κ1) is 114. The monoisotopic (exact) mass is 1900 g/mol. The van der Waals surface area contributed by atoms with Gasteiger partial charge in [0.2, 0.25) is 0 Å². The number of hydrogen-bond donors (Lipinski definition) is 8. The molecular weight excluding hydrogens is 1790 g/mol. The van der Waals surface area contributed by atoms with Gasteiger partial charge in [-0.25, -0.2) is 14.8 Å². The summed E-state index contributed by atoms with van der Waals surface area (Å²) in [4.78, 5) is 69.7. The largest absolute Gasteiger partial charge is 1.00 e. The second-order valence-corrected chi connectivity index (χ2v) is 30.5. The Labute approximate surface area is 822 Å². The quantitative estimate of drug-likeness (QED) is 0.00614. The molecule has 6 aliphatic heterocycles.